The summed E-state index contributed by atoms with van der Waals surface area (Å²) < 4.78 is 0. The first-order valence-electron chi connectivity index (χ1n) is 5.57. The van der Waals surface area contributed by atoms with Crippen molar-refractivity contribution in [2.75, 3.05) is 11.4 Å². The van der Waals surface area contributed by atoms with Crippen molar-refractivity contribution >= 4 is 11.6 Å². The lowest BCUT2D eigenvalue weighted by atomic mass is 10.0. The Balaban J connectivity index is 2.05. The summed E-state index contributed by atoms with van der Waals surface area (Å²) in [5.41, 5.74) is 2.64. The van der Waals surface area contributed by atoms with Crippen LogP contribution in [0.2, 0.25) is 0 Å². The fourth-order valence-corrected chi connectivity index (χ4v) is 2.17. The van der Waals surface area contributed by atoms with Gasteiger partial charge >= 0.3 is 0 Å². The summed E-state index contributed by atoms with van der Waals surface area (Å²) in [4.78, 5) is 10.8. The van der Waals surface area contributed by atoms with Gasteiger partial charge in [0, 0.05) is 24.6 Å². The van der Waals surface area contributed by atoms with Crippen LogP contribution in [0.25, 0.3) is 0 Å². The Morgan fingerprint density at radius 1 is 1.00 bits per heavy atom. The predicted octanol–water partition coefficient (Wildman–Crippen LogP) is 2.56. The second-order valence-electron chi connectivity index (χ2n) is 3.93. The molecule has 0 aliphatic carbocycles. The molecule has 3 nitrogen and oxygen atoms in total. The molecule has 0 N–H and O–H groups in total. The van der Waals surface area contributed by atoms with Gasteiger partial charge in [-0.3, -0.25) is 0 Å². The van der Waals surface area contributed by atoms with Crippen molar-refractivity contribution in [3.63, 3.8) is 0 Å². The quantitative estimate of drug-likeness (QED) is 0.726. The average Bonchev–Trinajstić information content (AvgIpc) is 2.39. The summed E-state index contributed by atoms with van der Waals surface area (Å²) in [7, 11) is 0. The van der Waals surface area contributed by atoms with Crippen LogP contribution in [-0.2, 0) is 6.42 Å². The second-order valence-corrected chi connectivity index (χ2v) is 3.93. The first-order valence-corrected chi connectivity index (χ1v) is 5.57. The highest BCUT2D eigenvalue weighted by Crippen LogP contribution is 2.30. The van der Waals surface area contributed by atoms with Gasteiger partial charge in [-0.05, 0) is 30.5 Å². The van der Waals surface area contributed by atoms with Crippen molar-refractivity contribution in [1.29, 1.82) is 0 Å². The van der Waals surface area contributed by atoms with Crippen molar-refractivity contribution in [2.45, 2.75) is 12.8 Å². The maximum Gasteiger partial charge on any atom is 0.229 e. The Bertz CT molecular complexity index is 482. The van der Waals surface area contributed by atoms with Crippen LogP contribution in [0.15, 0.2) is 42.7 Å². The molecule has 0 radical (unpaired) electrons. The summed E-state index contributed by atoms with van der Waals surface area (Å²) in [6, 6.07) is 10.3. The molecule has 1 aliphatic heterocycles. The topological polar surface area (TPSA) is 29.0 Å². The molecule has 0 spiro atoms. The highest BCUT2D eigenvalue weighted by Gasteiger charge is 2.18. The molecule has 0 unspecified atom stereocenters. The van der Waals surface area contributed by atoms with Gasteiger partial charge < -0.3 is 4.90 Å². The van der Waals surface area contributed by atoms with E-state index in [9.17, 15) is 0 Å². The monoisotopic (exact) mass is 211 g/mol. The van der Waals surface area contributed by atoms with Gasteiger partial charge in [0.15, 0.2) is 0 Å². The molecule has 3 rings (SSSR count). The van der Waals surface area contributed by atoms with Gasteiger partial charge in [-0.2, -0.15) is 0 Å². The molecule has 0 saturated carbocycles. The lowest BCUT2D eigenvalue weighted by Gasteiger charge is -2.29. The molecule has 1 aromatic heterocycles. The SMILES string of the molecule is c1cnc(N2CCCc3ccccc32)nc1. The first-order chi connectivity index (χ1) is 7.95. The Morgan fingerprint density at radius 2 is 1.81 bits per heavy atom. The molecular formula is C13H13N3. The fourth-order valence-electron chi connectivity index (χ4n) is 2.17. The summed E-state index contributed by atoms with van der Waals surface area (Å²) in [6.07, 6.45) is 5.90. The number of benzene rings is 1. The third-order valence-electron chi connectivity index (χ3n) is 2.90. The van der Waals surface area contributed by atoms with E-state index in [1.165, 1.54) is 11.3 Å². The van der Waals surface area contributed by atoms with Crippen molar-refractivity contribution in [2.24, 2.45) is 0 Å². The van der Waals surface area contributed by atoms with E-state index in [1.54, 1.807) is 12.4 Å². The van der Waals surface area contributed by atoms with E-state index in [4.69, 9.17) is 0 Å². The molecule has 2 heterocycles. The fraction of sp³-hybridized carbons (Fsp3) is 0.231. The van der Waals surface area contributed by atoms with Crippen LogP contribution in [0.3, 0.4) is 0 Å². The number of hydrogen-bond acceptors (Lipinski definition) is 3. The summed E-state index contributed by atoms with van der Waals surface area (Å²) in [6.45, 7) is 1.00. The molecule has 3 heteroatoms. The third-order valence-corrected chi connectivity index (χ3v) is 2.90. The zero-order valence-electron chi connectivity index (χ0n) is 9.00. The zero-order valence-corrected chi connectivity index (χ0v) is 9.00. The zero-order chi connectivity index (χ0) is 10.8. The first kappa shape index (κ1) is 9.33. The maximum atomic E-state index is 4.32. The van der Waals surface area contributed by atoms with E-state index in [1.807, 2.05) is 6.07 Å². The molecule has 0 saturated heterocycles. The Labute approximate surface area is 94.8 Å². The van der Waals surface area contributed by atoms with E-state index in [-0.39, 0.29) is 0 Å². The lowest BCUT2D eigenvalue weighted by molar-refractivity contribution is 0.750. The summed E-state index contributed by atoms with van der Waals surface area (Å²) >= 11 is 0. The predicted molar refractivity (Wildman–Crippen MR) is 63.8 cm³/mol. The van der Waals surface area contributed by atoms with Gasteiger partial charge in [0.1, 0.15) is 0 Å². The number of hydrogen-bond donors (Lipinski definition) is 0. The summed E-state index contributed by atoms with van der Waals surface area (Å²) in [5.74, 6) is 0.801. The Morgan fingerprint density at radius 3 is 2.69 bits per heavy atom. The molecule has 1 aliphatic rings. The van der Waals surface area contributed by atoms with E-state index < -0.39 is 0 Å². The van der Waals surface area contributed by atoms with E-state index in [0.29, 0.717) is 0 Å². The van der Waals surface area contributed by atoms with Gasteiger partial charge in [-0.1, -0.05) is 18.2 Å². The van der Waals surface area contributed by atoms with Gasteiger partial charge in [-0.25, -0.2) is 9.97 Å². The van der Waals surface area contributed by atoms with E-state index in [0.717, 1.165) is 25.3 Å². The smallest absolute Gasteiger partial charge is 0.229 e. The van der Waals surface area contributed by atoms with Gasteiger partial charge in [0.25, 0.3) is 0 Å². The molecule has 0 fully saturated rings. The molecule has 0 bridgehead atoms. The molecule has 0 amide bonds. The largest absolute Gasteiger partial charge is 0.310 e. The number of aryl methyl sites for hydroxylation is 1. The number of rotatable bonds is 1. The normalized spacial score (nSPS) is 14.6. The minimum atomic E-state index is 0.801. The van der Waals surface area contributed by atoms with Crippen molar-refractivity contribution in [3.05, 3.63) is 48.3 Å². The van der Waals surface area contributed by atoms with Crippen LogP contribution in [-0.4, -0.2) is 16.5 Å². The minimum Gasteiger partial charge on any atom is -0.310 e. The molecule has 80 valence electrons. The molecule has 0 atom stereocenters. The number of para-hydroxylation sites is 1. The molecule has 16 heavy (non-hydrogen) atoms. The average molecular weight is 211 g/mol. The molecule has 2 aromatic rings. The van der Waals surface area contributed by atoms with Crippen molar-refractivity contribution < 1.29 is 0 Å². The van der Waals surface area contributed by atoms with Crippen LogP contribution in [0.4, 0.5) is 11.6 Å². The van der Waals surface area contributed by atoms with Crippen LogP contribution >= 0.6 is 0 Å². The second kappa shape index (κ2) is 3.93. The van der Waals surface area contributed by atoms with Crippen LogP contribution in [0, 0.1) is 0 Å². The number of anilines is 2. The van der Waals surface area contributed by atoms with Gasteiger partial charge in [-0.15, -0.1) is 0 Å². The molecular weight excluding hydrogens is 198 g/mol. The van der Waals surface area contributed by atoms with Gasteiger partial charge in [0.2, 0.25) is 5.95 Å². The van der Waals surface area contributed by atoms with Gasteiger partial charge in [0.05, 0.1) is 0 Å². The van der Waals surface area contributed by atoms with Crippen LogP contribution in [0.1, 0.15) is 12.0 Å². The summed E-state index contributed by atoms with van der Waals surface area (Å²) in [5, 5.41) is 0. The third kappa shape index (κ3) is 1.54. The Kier molecular flexibility index (Phi) is 2.29. The van der Waals surface area contributed by atoms with Crippen LogP contribution < -0.4 is 4.90 Å². The number of fused-ring (bicyclic) bond motifs is 1. The number of nitrogens with zero attached hydrogens (tertiary/aromatic N) is 3. The highest BCUT2D eigenvalue weighted by atomic mass is 15.3. The lowest BCUT2D eigenvalue weighted by Crippen LogP contribution is -2.25. The minimum absolute atomic E-state index is 0.801. The number of aromatic nitrogens is 2. The van der Waals surface area contributed by atoms with Crippen molar-refractivity contribution in [1.82, 2.24) is 9.97 Å². The molecule has 1 aromatic carbocycles. The Hall–Kier alpha value is -1.90. The standard InChI is InChI=1S/C13H13N3/c1-2-7-12-11(5-1)6-3-10-16(12)13-14-8-4-9-15-13/h1-2,4-5,7-9H,3,6,10H2. The van der Waals surface area contributed by atoms with E-state index >= 15 is 0 Å². The van der Waals surface area contributed by atoms with E-state index in [2.05, 4.69) is 39.1 Å². The maximum absolute atomic E-state index is 4.32. The van der Waals surface area contributed by atoms with Crippen molar-refractivity contribution in [3.8, 4) is 0 Å². The van der Waals surface area contributed by atoms with Crippen LogP contribution in [0.5, 0.6) is 0 Å². The highest BCUT2D eigenvalue weighted by molar-refractivity contribution is 5.63.